The van der Waals surface area contributed by atoms with E-state index >= 15 is 0 Å². The van der Waals surface area contributed by atoms with E-state index in [9.17, 15) is 14.0 Å². The van der Waals surface area contributed by atoms with Crippen LogP contribution in [0.2, 0.25) is 0 Å². The van der Waals surface area contributed by atoms with E-state index < -0.39 is 5.97 Å². The Morgan fingerprint density at radius 2 is 1.79 bits per heavy atom. The predicted octanol–water partition coefficient (Wildman–Crippen LogP) is 3.59. The van der Waals surface area contributed by atoms with Gasteiger partial charge in [0.2, 0.25) is 5.82 Å². The SMILES string of the molecule is CCC(=O)c1ccc(OCC(=O)OCc2nc(-c3ccc(F)cc3)no2)cc1. The fourth-order valence-electron chi connectivity index (χ4n) is 2.30. The van der Waals surface area contributed by atoms with Gasteiger partial charge in [-0.15, -0.1) is 0 Å². The molecule has 0 saturated heterocycles. The highest BCUT2D eigenvalue weighted by molar-refractivity contribution is 5.95. The number of esters is 1. The molecule has 144 valence electrons. The number of carbonyl (C=O) groups is 2. The lowest BCUT2D eigenvalue weighted by Crippen LogP contribution is -2.14. The van der Waals surface area contributed by atoms with Gasteiger partial charge >= 0.3 is 5.97 Å². The molecule has 3 aromatic rings. The van der Waals surface area contributed by atoms with Gasteiger partial charge in [-0.3, -0.25) is 4.79 Å². The van der Waals surface area contributed by atoms with Gasteiger partial charge in [0.15, 0.2) is 19.0 Å². The van der Waals surface area contributed by atoms with Crippen molar-refractivity contribution in [3.63, 3.8) is 0 Å². The molecule has 3 rings (SSSR count). The average Bonchev–Trinajstić information content (AvgIpc) is 3.20. The molecule has 0 spiro atoms. The van der Waals surface area contributed by atoms with Crippen LogP contribution in [0.15, 0.2) is 53.1 Å². The van der Waals surface area contributed by atoms with Crippen LogP contribution in [0.25, 0.3) is 11.4 Å². The molecule has 0 unspecified atom stereocenters. The van der Waals surface area contributed by atoms with Crippen molar-refractivity contribution >= 4 is 11.8 Å². The van der Waals surface area contributed by atoms with Crippen molar-refractivity contribution in [3.8, 4) is 17.1 Å². The van der Waals surface area contributed by atoms with E-state index in [2.05, 4.69) is 10.1 Å². The van der Waals surface area contributed by atoms with Crippen molar-refractivity contribution in [2.24, 2.45) is 0 Å². The fourth-order valence-corrected chi connectivity index (χ4v) is 2.30. The first-order valence-corrected chi connectivity index (χ1v) is 8.55. The van der Waals surface area contributed by atoms with Crippen LogP contribution < -0.4 is 4.74 Å². The van der Waals surface area contributed by atoms with Crippen LogP contribution in [-0.2, 0) is 16.1 Å². The molecule has 2 aromatic carbocycles. The second kappa shape index (κ2) is 8.90. The van der Waals surface area contributed by atoms with E-state index in [1.165, 1.54) is 24.3 Å². The zero-order valence-electron chi connectivity index (χ0n) is 15.1. The quantitative estimate of drug-likeness (QED) is 0.433. The number of ketones is 1. The van der Waals surface area contributed by atoms with Crippen molar-refractivity contribution in [3.05, 3.63) is 65.8 Å². The number of aromatic nitrogens is 2. The summed E-state index contributed by atoms with van der Waals surface area (Å²) in [6.07, 6.45) is 0.422. The van der Waals surface area contributed by atoms with E-state index in [1.54, 1.807) is 31.2 Å². The van der Waals surface area contributed by atoms with Crippen LogP contribution in [0.5, 0.6) is 5.75 Å². The molecule has 7 nitrogen and oxygen atoms in total. The summed E-state index contributed by atoms with van der Waals surface area (Å²) in [6, 6.07) is 12.1. The van der Waals surface area contributed by atoms with Gasteiger partial charge in [0, 0.05) is 17.5 Å². The van der Waals surface area contributed by atoms with E-state index in [0.717, 1.165) is 0 Å². The average molecular weight is 384 g/mol. The summed E-state index contributed by atoms with van der Waals surface area (Å²) in [5.74, 6) is -0.131. The molecule has 8 heteroatoms. The number of carbonyl (C=O) groups excluding carboxylic acids is 2. The van der Waals surface area contributed by atoms with Gasteiger partial charge in [0.05, 0.1) is 0 Å². The standard InChI is InChI=1S/C20H17FN2O5/c1-2-17(24)13-5-9-16(10-6-13)26-12-19(25)27-11-18-22-20(23-28-18)14-3-7-15(21)8-4-14/h3-10H,2,11-12H2,1H3. The van der Waals surface area contributed by atoms with Gasteiger partial charge in [0.1, 0.15) is 11.6 Å². The monoisotopic (exact) mass is 384 g/mol. The summed E-state index contributed by atoms with van der Waals surface area (Å²) >= 11 is 0. The minimum absolute atomic E-state index is 0.0329. The number of Topliss-reactive ketones (excluding diaryl/α,β-unsaturated/α-hetero) is 1. The summed E-state index contributed by atoms with van der Waals surface area (Å²) < 4.78 is 28.3. The number of halogens is 1. The minimum Gasteiger partial charge on any atom is -0.482 e. The Morgan fingerprint density at radius 3 is 2.46 bits per heavy atom. The van der Waals surface area contributed by atoms with Crippen LogP contribution >= 0.6 is 0 Å². The highest BCUT2D eigenvalue weighted by Crippen LogP contribution is 2.17. The van der Waals surface area contributed by atoms with Crippen LogP contribution in [-0.4, -0.2) is 28.5 Å². The summed E-state index contributed by atoms with van der Waals surface area (Å²) in [5.41, 5.74) is 1.17. The third kappa shape index (κ3) is 5.00. The summed E-state index contributed by atoms with van der Waals surface area (Å²) in [4.78, 5) is 27.4. The minimum atomic E-state index is -0.616. The Morgan fingerprint density at radius 1 is 1.07 bits per heavy atom. The number of hydrogen-bond donors (Lipinski definition) is 0. The molecule has 0 aliphatic heterocycles. The molecular weight excluding hydrogens is 367 g/mol. The molecule has 0 N–H and O–H groups in total. The second-order valence-corrected chi connectivity index (χ2v) is 5.77. The van der Waals surface area contributed by atoms with Crippen LogP contribution in [0.3, 0.4) is 0 Å². The molecule has 1 aromatic heterocycles. The van der Waals surface area contributed by atoms with Gasteiger partial charge in [-0.05, 0) is 48.5 Å². The Balaban J connectivity index is 1.47. The smallest absolute Gasteiger partial charge is 0.344 e. The largest absolute Gasteiger partial charge is 0.482 e. The first kappa shape index (κ1) is 19.2. The van der Waals surface area contributed by atoms with Crippen molar-refractivity contribution in [2.75, 3.05) is 6.61 Å². The number of hydrogen-bond acceptors (Lipinski definition) is 7. The molecule has 0 amide bonds. The second-order valence-electron chi connectivity index (χ2n) is 5.77. The normalized spacial score (nSPS) is 10.5. The van der Waals surface area contributed by atoms with Gasteiger partial charge in [-0.2, -0.15) is 4.98 Å². The van der Waals surface area contributed by atoms with Gasteiger partial charge < -0.3 is 14.0 Å². The maximum absolute atomic E-state index is 12.9. The Labute approximate surface area is 160 Å². The van der Waals surface area contributed by atoms with Crippen molar-refractivity contribution in [1.82, 2.24) is 10.1 Å². The molecule has 0 aliphatic rings. The maximum Gasteiger partial charge on any atom is 0.344 e. The summed E-state index contributed by atoms with van der Waals surface area (Å²) in [7, 11) is 0. The Kier molecular flexibility index (Phi) is 6.11. The highest BCUT2D eigenvalue weighted by atomic mass is 19.1. The van der Waals surface area contributed by atoms with Crippen LogP contribution in [0, 0.1) is 5.82 Å². The Hall–Kier alpha value is -3.55. The van der Waals surface area contributed by atoms with Crippen LogP contribution in [0.4, 0.5) is 4.39 Å². The molecule has 0 radical (unpaired) electrons. The van der Waals surface area contributed by atoms with Gasteiger partial charge in [0.25, 0.3) is 5.89 Å². The molecular formula is C20H17FN2O5. The lowest BCUT2D eigenvalue weighted by atomic mass is 10.1. The number of ether oxygens (including phenoxy) is 2. The van der Waals surface area contributed by atoms with Crippen molar-refractivity contribution in [1.29, 1.82) is 0 Å². The highest BCUT2D eigenvalue weighted by Gasteiger charge is 2.12. The molecule has 0 aliphatic carbocycles. The van der Waals surface area contributed by atoms with Crippen LogP contribution in [0.1, 0.15) is 29.6 Å². The Bertz CT molecular complexity index is 951. The zero-order chi connectivity index (χ0) is 19.9. The van der Waals surface area contributed by atoms with E-state index in [-0.39, 0.29) is 36.5 Å². The third-order valence-electron chi connectivity index (χ3n) is 3.78. The maximum atomic E-state index is 12.9. The zero-order valence-corrected chi connectivity index (χ0v) is 15.1. The fraction of sp³-hybridized carbons (Fsp3) is 0.200. The predicted molar refractivity (Wildman–Crippen MR) is 96.0 cm³/mol. The third-order valence-corrected chi connectivity index (χ3v) is 3.78. The molecule has 0 bridgehead atoms. The number of benzene rings is 2. The topological polar surface area (TPSA) is 91.5 Å². The lowest BCUT2D eigenvalue weighted by Gasteiger charge is -2.06. The van der Waals surface area contributed by atoms with Gasteiger partial charge in [-0.1, -0.05) is 12.1 Å². The summed E-state index contributed by atoms with van der Waals surface area (Å²) in [5, 5.41) is 3.76. The molecule has 1 heterocycles. The van der Waals surface area contributed by atoms with Crippen molar-refractivity contribution < 1.29 is 28.0 Å². The number of rotatable bonds is 8. The number of nitrogens with zero attached hydrogens (tertiary/aromatic N) is 2. The van der Waals surface area contributed by atoms with Gasteiger partial charge in [-0.25, -0.2) is 9.18 Å². The van der Waals surface area contributed by atoms with E-state index in [1.807, 2.05) is 0 Å². The van der Waals surface area contributed by atoms with Crippen molar-refractivity contribution in [2.45, 2.75) is 20.0 Å². The summed E-state index contributed by atoms with van der Waals surface area (Å²) in [6.45, 7) is 1.27. The lowest BCUT2D eigenvalue weighted by molar-refractivity contribution is -0.148. The first-order valence-electron chi connectivity index (χ1n) is 8.55. The molecule has 28 heavy (non-hydrogen) atoms. The molecule has 0 fully saturated rings. The van der Waals surface area contributed by atoms with E-state index in [0.29, 0.717) is 23.3 Å². The van der Waals surface area contributed by atoms with E-state index in [4.69, 9.17) is 14.0 Å². The molecule has 0 atom stereocenters. The first-order chi connectivity index (χ1) is 13.5. The molecule has 0 saturated carbocycles.